The molecule has 222 valence electrons. The second-order valence-corrected chi connectivity index (χ2v) is 13.2. The van der Waals surface area contributed by atoms with Crippen LogP contribution in [0.2, 0.25) is 0 Å². The molecule has 1 atom stereocenters. The zero-order valence-electron chi connectivity index (χ0n) is 24.4. The molecule has 42 heavy (non-hydrogen) atoms. The average molecular weight is 611 g/mol. The molecule has 0 aliphatic heterocycles. The Morgan fingerprint density at radius 3 is 2.69 bits per heavy atom. The number of halogens is 2. The highest BCUT2D eigenvalue weighted by atomic mass is 35.5. The van der Waals surface area contributed by atoms with Gasteiger partial charge in [0.05, 0.1) is 23.3 Å². The van der Waals surface area contributed by atoms with Crippen molar-refractivity contribution in [1.82, 2.24) is 19.3 Å². The molecule has 8 nitrogen and oxygen atoms in total. The lowest BCUT2D eigenvalue weighted by atomic mass is 9.92. The number of rotatable bonds is 9. The molecule has 3 N–H and O–H groups in total. The Labute approximate surface area is 252 Å². The van der Waals surface area contributed by atoms with E-state index in [-0.39, 0.29) is 22.5 Å². The van der Waals surface area contributed by atoms with Gasteiger partial charge in [-0.3, -0.25) is 9.12 Å². The van der Waals surface area contributed by atoms with Crippen LogP contribution in [0, 0.1) is 18.2 Å². The van der Waals surface area contributed by atoms with Gasteiger partial charge in [-0.05, 0) is 75.7 Å². The second kappa shape index (κ2) is 12.7. The van der Waals surface area contributed by atoms with Crippen molar-refractivity contribution in [2.24, 2.45) is 0 Å². The largest absolute Gasteiger partial charge is 0.382 e. The summed E-state index contributed by atoms with van der Waals surface area (Å²) in [6.07, 6.45) is 14.9. The van der Waals surface area contributed by atoms with Gasteiger partial charge in [0.25, 0.3) is 0 Å². The van der Waals surface area contributed by atoms with Crippen LogP contribution in [0.3, 0.4) is 0 Å². The summed E-state index contributed by atoms with van der Waals surface area (Å²) >= 11 is 6.04. The Hall–Kier alpha value is -3.65. The van der Waals surface area contributed by atoms with Crippen molar-refractivity contribution in [2.75, 3.05) is 30.3 Å². The van der Waals surface area contributed by atoms with E-state index in [0.717, 1.165) is 30.8 Å². The molecular weight excluding hydrogens is 575 g/mol. The van der Waals surface area contributed by atoms with E-state index in [4.69, 9.17) is 28.7 Å². The Kier molecular flexibility index (Phi) is 9.46. The summed E-state index contributed by atoms with van der Waals surface area (Å²) in [5.74, 6) is 2.16. The first-order valence-electron chi connectivity index (χ1n) is 13.6. The molecule has 0 radical (unpaired) electrons. The molecule has 0 amide bonds. The van der Waals surface area contributed by atoms with E-state index in [0.29, 0.717) is 28.4 Å². The normalized spacial score (nSPS) is 16.7. The summed E-state index contributed by atoms with van der Waals surface area (Å²) in [6, 6.07) is 4.71. The Bertz CT molecular complexity index is 1740. The van der Waals surface area contributed by atoms with Crippen LogP contribution < -0.4 is 10.5 Å². The zero-order chi connectivity index (χ0) is 30.8. The van der Waals surface area contributed by atoms with Crippen LogP contribution >= 0.6 is 11.6 Å². The summed E-state index contributed by atoms with van der Waals surface area (Å²) < 4.78 is 45.4. The molecule has 2 aromatic heterocycles. The number of fused-ring (bicyclic) bond motifs is 1. The van der Waals surface area contributed by atoms with Gasteiger partial charge < -0.3 is 10.6 Å². The molecule has 1 aromatic carbocycles. The van der Waals surface area contributed by atoms with Crippen LogP contribution in [0.5, 0.6) is 0 Å². The number of nitrogen functional groups attached to an aromatic ring is 1. The number of anilines is 2. The van der Waals surface area contributed by atoms with Crippen LogP contribution in [-0.2, 0) is 10.0 Å². The SMILES string of the molecule is C#C/C=C\C(CS(=O)(=O)Nc1ccc(-c2nc(C(C)C)n3c(C4=CCC(N(C)C)CC4)cnc(N)c23)cc1F)=C(/C)Cl. The first kappa shape index (κ1) is 31.3. The van der Waals surface area contributed by atoms with E-state index in [2.05, 4.69) is 40.7 Å². The van der Waals surface area contributed by atoms with E-state index >= 15 is 4.39 Å². The minimum Gasteiger partial charge on any atom is -0.382 e. The highest BCUT2D eigenvalue weighted by Crippen LogP contribution is 2.37. The number of aromatic nitrogens is 3. The Morgan fingerprint density at radius 2 is 2.12 bits per heavy atom. The first-order valence-corrected chi connectivity index (χ1v) is 15.7. The van der Waals surface area contributed by atoms with Crippen molar-refractivity contribution in [3.05, 3.63) is 70.6 Å². The quantitative estimate of drug-likeness (QED) is 0.221. The summed E-state index contributed by atoms with van der Waals surface area (Å²) in [6.45, 7) is 5.64. The van der Waals surface area contributed by atoms with E-state index in [1.165, 1.54) is 29.9 Å². The molecule has 11 heteroatoms. The van der Waals surface area contributed by atoms with Crippen LogP contribution in [0.1, 0.15) is 57.5 Å². The topological polar surface area (TPSA) is 106 Å². The third-order valence-corrected chi connectivity index (χ3v) is 8.81. The van der Waals surface area contributed by atoms with E-state index < -0.39 is 21.6 Å². The summed E-state index contributed by atoms with van der Waals surface area (Å²) in [4.78, 5) is 11.6. The smallest absolute Gasteiger partial charge is 0.237 e. The third kappa shape index (κ3) is 6.70. The first-order chi connectivity index (χ1) is 19.8. The molecule has 1 aliphatic rings. The van der Waals surface area contributed by atoms with Crippen molar-refractivity contribution < 1.29 is 12.8 Å². The number of hydrogen-bond acceptors (Lipinski definition) is 6. The number of benzene rings is 1. The van der Waals surface area contributed by atoms with Crippen molar-refractivity contribution in [3.8, 4) is 23.6 Å². The third-order valence-electron chi connectivity index (χ3n) is 7.35. The van der Waals surface area contributed by atoms with E-state index in [9.17, 15) is 8.42 Å². The number of nitrogens with zero attached hydrogens (tertiary/aromatic N) is 4. The van der Waals surface area contributed by atoms with Crippen molar-refractivity contribution >= 4 is 44.2 Å². The lowest BCUT2D eigenvalue weighted by molar-refractivity contribution is 0.277. The number of imidazole rings is 1. The van der Waals surface area contributed by atoms with Gasteiger partial charge in [-0.25, -0.2) is 22.8 Å². The number of sulfonamides is 1. The standard InChI is InChI=1S/C31H36ClFN6O2S/c1-7-8-9-23(20(4)32)18-42(40,41)37-26-15-12-22(16-25(26)33)28-29-30(34)35-17-27(39(29)31(36-28)19(2)3)21-10-13-24(14-11-21)38(5)6/h1,8-10,12,15-17,19,24,37H,11,13-14,18H2,2-6H3,(H2,34,35)/b9-8-,23-20-. The Morgan fingerprint density at radius 1 is 1.38 bits per heavy atom. The molecule has 1 aliphatic carbocycles. The van der Waals surface area contributed by atoms with Crippen molar-refractivity contribution in [3.63, 3.8) is 0 Å². The number of terminal acetylenes is 1. The minimum absolute atomic E-state index is 0.0394. The van der Waals surface area contributed by atoms with Gasteiger partial charge in [-0.15, -0.1) is 6.42 Å². The fourth-order valence-electron chi connectivity index (χ4n) is 5.07. The van der Waals surface area contributed by atoms with Crippen LogP contribution in [0.25, 0.3) is 22.3 Å². The summed E-state index contributed by atoms with van der Waals surface area (Å²) in [5.41, 5.74) is 10.1. The van der Waals surface area contributed by atoms with Gasteiger partial charge in [0.15, 0.2) is 0 Å². The highest BCUT2D eigenvalue weighted by molar-refractivity contribution is 7.92. The molecule has 0 bridgehead atoms. The fourth-order valence-corrected chi connectivity index (χ4v) is 6.57. The summed E-state index contributed by atoms with van der Waals surface area (Å²) in [5, 5.41) is 0.266. The predicted molar refractivity (Wildman–Crippen MR) is 170 cm³/mol. The lowest BCUT2D eigenvalue weighted by Crippen LogP contribution is -2.29. The van der Waals surface area contributed by atoms with E-state index in [1.807, 2.05) is 18.2 Å². The average Bonchev–Trinajstić information content (AvgIpc) is 3.34. The Balaban J connectivity index is 1.74. The lowest BCUT2D eigenvalue weighted by Gasteiger charge is -2.28. The molecule has 0 saturated carbocycles. The van der Waals surface area contributed by atoms with Gasteiger partial charge in [-0.2, -0.15) is 0 Å². The molecule has 1 unspecified atom stereocenters. The molecule has 3 aromatic rings. The molecule has 2 heterocycles. The predicted octanol–water partition coefficient (Wildman–Crippen LogP) is 6.18. The van der Waals surface area contributed by atoms with Gasteiger partial charge in [0.2, 0.25) is 10.0 Å². The number of nitrogens with one attached hydrogen (secondary N) is 1. The van der Waals surface area contributed by atoms with Gasteiger partial charge in [0.1, 0.15) is 28.7 Å². The number of hydrogen-bond donors (Lipinski definition) is 2. The summed E-state index contributed by atoms with van der Waals surface area (Å²) in [7, 11) is 0.187. The van der Waals surface area contributed by atoms with Crippen molar-refractivity contribution in [2.45, 2.75) is 52.0 Å². The number of nitrogens with two attached hydrogens (primary N) is 1. The highest BCUT2D eigenvalue weighted by Gasteiger charge is 2.25. The van der Waals surface area contributed by atoms with Gasteiger partial charge in [-0.1, -0.05) is 43.5 Å². The molecular formula is C31H36ClFN6O2S. The van der Waals surface area contributed by atoms with Crippen LogP contribution in [0.15, 0.2) is 53.2 Å². The van der Waals surface area contributed by atoms with Gasteiger partial charge in [0, 0.05) is 22.6 Å². The van der Waals surface area contributed by atoms with Gasteiger partial charge >= 0.3 is 0 Å². The molecule has 0 spiro atoms. The maximum atomic E-state index is 15.4. The van der Waals surface area contributed by atoms with Crippen LogP contribution in [-0.4, -0.2) is 53.6 Å². The monoisotopic (exact) mass is 610 g/mol. The van der Waals surface area contributed by atoms with Crippen LogP contribution in [0.4, 0.5) is 15.9 Å². The molecule has 0 saturated heterocycles. The maximum absolute atomic E-state index is 15.4. The zero-order valence-corrected chi connectivity index (χ0v) is 26.0. The molecule has 0 fully saturated rings. The number of allylic oxidation sites excluding steroid dienone is 4. The fraction of sp³-hybridized carbons (Fsp3) is 0.355. The minimum atomic E-state index is -4.00. The second-order valence-electron chi connectivity index (χ2n) is 10.9. The maximum Gasteiger partial charge on any atom is 0.237 e. The van der Waals surface area contributed by atoms with E-state index in [1.54, 1.807) is 19.2 Å². The molecule has 4 rings (SSSR count). The van der Waals surface area contributed by atoms with Crippen molar-refractivity contribution in [1.29, 1.82) is 0 Å².